The first-order valence-corrected chi connectivity index (χ1v) is 5.85. The van der Waals surface area contributed by atoms with E-state index in [1.54, 1.807) is 12.5 Å². The maximum absolute atomic E-state index is 6.13. The lowest BCUT2D eigenvalue weighted by atomic mass is 10.0. The summed E-state index contributed by atoms with van der Waals surface area (Å²) >= 11 is 5.96. The Labute approximate surface area is 106 Å². The highest BCUT2D eigenvalue weighted by atomic mass is 35.5. The lowest BCUT2D eigenvalue weighted by molar-refractivity contribution is 0.524. The molecule has 0 radical (unpaired) electrons. The van der Waals surface area contributed by atoms with Gasteiger partial charge in [-0.3, -0.25) is 0 Å². The second-order valence-electron chi connectivity index (χ2n) is 4.80. The summed E-state index contributed by atoms with van der Waals surface area (Å²) in [6, 6.07) is 5.79. The minimum atomic E-state index is -0.428. The minimum Gasteiger partial charge on any atom is -0.321 e. The average molecular weight is 250 g/mol. The fourth-order valence-electron chi connectivity index (χ4n) is 1.85. The quantitative estimate of drug-likeness (QED) is 0.889. The fourth-order valence-corrected chi connectivity index (χ4v) is 2.08. The number of aromatic nitrogens is 2. The minimum absolute atomic E-state index is 0.428. The van der Waals surface area contributed by atoms with E-state index in [-0.39, 0.29) is 0 Å². The molecule has 2 rings (SSSR count). The molecule has 0 saturated carbocycles. The van der Waals surface area contributed by atoms with Crippen molar-refractivity contribution in [3.8, 4) is 5.69 Å². The largest absolute Gasteiger partial charge is 0.321 e. The van der Waals surface area contributed by atoms with Crippen molar-refractivity contribution < 1.29 is 0 Å². The second-order valence-corrected chi connectivity index (χ2v) is 5.24. The Hall–Kier alpha value is -1.32. The van der Waals surface area contributed by atoms with E-state index in [1.165, 1.54) is 0 Å². The molecule has 0 amide bonds. The van der Waals surface area contributed by atoms with Crippen LogP contribution in [0, 0.1) is 6.92 Å². The zero-order chi connectivity index (χ0) is 12.6. The monoisotopic (exact) mass is 249 g/mol. The number of aryl methyl sites for hydroxylation is 1. The summed E-state index contributed by atoms with van der Waals surface area (Å²) in [6.07, 6.45) is 3.58. The molecule has 3 nitrogen and oxygen atoms in total. The molecule has 0 aliphatic carbocycles. The molecule has 2 N–H and O–H groups in total. The molecule has 0 spiro atoms. The third-order valence-corrected chi connectivity index (χ3v) is 2.95. The van der Waals surface area contributed by atoms with Gasteiger partial charge in [0.15, 0.2) is 0 Å². The van der Waals surface area contributed by atoms with Gasteiger partial charge in [-0.05, 0) is 44.5 Å². The van der Waals surface area contributed by atoms with Crippen LogP contribution < -0.4 is 5.73 Å². The van der Waals surface area contributed by atoms with Crippen LogP contribution in [0.2, 0.25) is 5.02 Å². The van der Waals surface area contributed by atoms with Crippen LogP contribution in [0.15, 0.2) is 30.7 Å². The van der Waals surface area contributed by atoms with Crippen LogP contribution in [0.25, 0.3) is 5.69 Å². The number of nitrogens with two attached hydrogens (primary N) is 1. The number of benzene rings is 1. The molecule has 1 aromatic heterocycles. The van der Waals surface area contributed by atoms with E-state index in [0.717, 1.165) is 22.0 Å². The van der Waals surface area contributed by atoms with E-state index in [2.05, 4.69) is 4.98 Å². The Balaban J connectivity index is 2.58. The number of hydrogen-bond donors (Lipinski definition) is 1. The third-order valence-electron chi connectivity index (χ3n) is 2.72. The first-order chi connectivity index (χ1) is 7.89. The fraction of sp³-hybridized carbons (Fsp3) is 0.308. The molecule has 1 heterocycles. The van der Waals surface area contributed by atoms with Gasteiger partial charge in [0.1, 0.15) is 0 Å². The van der Waals surface area contributed by atoms with Gasteiger partial charge in [-0.2, -0.15) is 0 Å². The van der Waals surface area contributed by atoms with Gasteiger partial charge in [-0.15, -0.1) is 0 Å². The normalized spacial score (nSPS) is 11.8. The Kier molecular flexibility index (Phi) is 2.98. The van der Waals surface area contributed by atoms with E-state index in [4.69, 9.17) is 17.3 Å². The number of halogens is 1. The Morgan fingerprint density at radius 3 is 2.65 bits per heavy atom. The predicted molar refractivity (Wildman–Crippen MR) is 70.5 cm³/mol. The highest BCUT2D eigenvalue weighted by Crippen LogP contribution is 2.24. The van der Waals surface area contributed by atoms with Gasteiger partial charge in [-0.1, -0.05) is 11.6 Å². The summed E-state index contributed by atoms with van der Waals surface area (Å²) in [4.78, 5) is 4.18. The zero-order valence-electron chi connectivity index (χ0n) is 10.2. The van der Waals surface area contributed by atoms with Crippen molar-refractivity contribution in [2.75, 3.05) is 0 Å². The van der Waals surface area contributed by atoms with Crippen LogP contribution in [0.3, 0.4) is 0 Å². The first kappa shape index (κ1) is 12.1. The van der Waals surface area contributed by atoms with Gasteiger partial charge in [0.05, 0.1) is 23.8 Å². The standard InChI is InChI=1S/C13H16ClN3/c1-9-6-10(14)4-5-11(9)17-8-16-7-12(17)13(2,3)15/h4-8H,15H2,1-3H3. The van der Waals surface area contributed by atoms with Crippen LogP contribution in [-0.4, -0.2) is 9.55 Å². The maximum Gasteiger partial charge on any atom is 0.0994 e. The van der Waals surface area contributed by atoms with E-state index in [0.29, 0.717) is 0 Å². The molecule has 0 unspecified atom stereocenters. The first-order valence-electron chi connectivity index (χ1n) is 5.48. The molecule has 0 aliphatic heterocycles. The molecule has 1 aromatic carbocycles. The van der Waals surface area contributed by atoms with Crippen molar-refractivity contribution in [2.45, 2.75) is 26.3 Å². The van der Waals surface area contributed by atoms with E-state index in [9.17, 15) is 0 Å². The summed E-state index contributed by atoms with van der Waals surface area (Å²) in [5.41, 5.74) is 8.83. The maximum atomic E-state index is 6.13. The van der Waals surface area contributed by atoms with Crippen LogP contribution in [0.4, 0.5) is 0 Å². The highest BCUT2D eigenvalue weighted by molar-refractivity contribution is 6.30. The molecule has 2 aromatic rings. The molecule has 17 heavy (non-hydrogen) atoms. The van der Waals surface area contributed by atoms with Crippen LogP contribution in [0.5, 0.6) is 0 Å². The molecule has 0 saturated heterocycles. The van der Waals surface area contributed by atoms with E-state index >= 15 is 0 Å². The topological polar surface area (TPSA) is 43.8 Å². The van der Waals surface area contributed by atoms with Crippen molar-refractivity contribution in [3.63, 3.8) is 0 Å². The molecule has 0 bridgehead atoms. The Bertz CT molecular complexity index is 538. The number of nitrogens with zero attached hydrogens (tertiary/aromatic N) is 2. The SMILES string of the molecule is Cc1cc(Cl)ccc1-n1cncc1C(C)(C)N. The van der Waals surface area contributed by atoms with Crippen molar-refractivity contribution in [3.05, 3.63) is 47.0 Å². The Morgan fingerprint density at radius 2 is 2.06 bits per heavy atom. The number of rotatable bonds is 2. The van der Waals surface area contributed by atoms with Gasteiger partial charge in [0.25, 0.3) is 0 Å². The zero-order valence-corrected chi connectivity index (χ0v) is 11.0. The van der Waals surface area contributed by atoms with Gasteiger partial charge >= 0.3 is 0 Å². The van der Waals surface area contributed by atoms with Crippen molar-refractivity contribution >= 4 is 11.6 Å². The van der Waals surface area contributed by atoms with Crippen molar-refractivity contribution in [1.82, 2.24) is 9.55 Å². The van der Waals surface area contributed by atoms with Gasteiger partial charge in [0.2, 0.25) is 0 Å². The Morgan fingerprint density at radius 1 is 1.35 bits per heavy atom. The van der Waals surface area contributed by atoms with Crippen LogP contribution in [0.1, 0.15) is 25.1 Å². The summed E-state index contributed by atoms with van der Waals surface area (Å²) in [7, 11) is 0. The molecule has 0 aliphatic rings. The van der Waals surface area contributed by atoms with Gasteiger partial charge in [-0.25, -0.2) is 4.98 Å². The molecule has 4 heteroatoms. The number of hydrogen-bond acceptors (Lipinski definition) is 2. The van der Waals surface area contributed by atoms with Crippen LogP contribution in [-0.2, 0) is 5.54 Å². The predicted octanol–water partition coefficient (Wildman–Crippen LogP) is 3.03. The third kappa shape index (κ3) is 2.35. The molecular weight excluding hydrogens is 234 g/mol. The molecular formula is C13H16ClN3. The number of imidazole rings is 1. The highest BCUT2D eigenvalue weighted by Gasteiger charge is 2.20. The summed E-state index contributed by atoms with van der Waals surface area (Å²) in [5, 5.41) is 0.736. The summed E-state index contributed by atoms with van der Waals surface area (Å²) < 4.78 is 2.01. The van der Waals surface area contributed by atoms with E-state index in [1.807, 2.05) is 43.5 Å². The van der Waals surface area contributed by atoms with Crippen LogP contribution >= 0.6 is 11.6 Å². The average Bonchev–Trinajstić information content (AvgIpc) is 2.65. The van der Waals surface area contributed by atoms with Gasteiger partial charge in [0, 0.05) is 10.7 Å². The lowest BCUT2D eigenvalue weighted by Gasteiger charge is -2.21. The smallest absolute Gasteiger partial charge is 0.0994 e. The van der Waals surface area contributed by atoms with Crippen molar-refractivity contribution in [1.29, 1.82) is 0 Å². The second kappa shape index (κ2) is 4.17. The van der Waals surface area contributed by atoms with Crippen molar-refractivity contribution in [2.24, 2.45) is 5.73 Å². The van der Waals surface area contributed by atoms with Gasteiger partial charge < -0.3 is 10.3 Å². The molecule has 90 valence electrons. The molecule has 0 fully saturated rings. The molecule has 0 atom stereocenters. The summed E-state index contributed by atoms with van der Waals surface area (Å²) in [5.74, 6) is 0. The van der Waals surface area contributed by atoms with E-state index < -0.39 is 5.54 Å². The summed E-state index contributed by atoms with van der Waals surface area (Å²) in [6.45, 7) is 5.95. The lowest BCUT2D eigenvalue weighted by Crippen LogP contribution is -2.31.